The standard InChI is InChI=1S/C17H21Cl3N4O4S2/c1-8(26)14(6-25)28-17(30-9-2-10(18)15(20)11(19)3-9)13(27)5-22-4-12(21)16-24-23-7-29-16/h2-4,7-8,13-14,17,22,25-27H,5-6,21H2,1H3/b12-4-/t8?,13-,14?,17?/m0/s1. The Labute approximate surface area is 197 Å². The first kappa shape index (κ1) is 25.4. The van der Waals surface area contributed by atoms with E-state index in [1.54, 1.807) is 17.6 Å². The summed E-state index contributed by atoms with van der Waals surface area (Å²) in [5.74, 6) is 0. The van der Waals surface area contributed by atoms with Crippen LogP contribution in [0.4, 0.5) is 0 Å². The number of aliphatic hydroxyl groups is 3. The first-order valence-corrected chi connectivity index (χ1v) is 11.5. The highest BCUT2D eigenvalue weighted by Gasteiger charge is 2.27. The molecule has 13 heteroatoms. The molecule has 3 unspecified atom stereocenters. The van der Waals surface area contributed by atoms with Crippen LogP contribution in [0.1, 0.15) is 11.9 Å². The topological polar surface area (TPSA) is 134 Å². The van der Waals surface area contributed by atoms with E-state index in [1.165, 1.54) is 24.5 Å². The van der Waals surface area contributed by atoms with Gasteiger partial charge in [-0.3, -0.25) is 0 Å². The zero-order valence-corrected chi connectivity index (χ0v) is 19.6. The predicted octanol–water partition coefficient (Wildman–Crippen LogP) is 2.58. The molecule has 0 aliphatic heterocycles. The number of aromatic nitrogens is 2. The summed E-state index contributed by atoms with van der Waals surface area (Å²) in [6, 6.07) is 3.17. The highest BCUT2D eigenvalue weighted by Crippen LogP contribution is 2.37. The highest BCUT2D eigenvalue weighted by atomic mass is 35.5. The summed E-state index contributed by atoms with van der Waals surface area (Å²) < 4.78 is 5.75. The van der Waals surface area contributed by atoms with Crippen LogP contribution in [0.25, 0.3) is 5.70 Å². The second kappa shape index (κ2) is 12.3. The van der Waals surface area contributed by atoms with Gasteiger partial charge in [-0.05, 0) is 19.1 Å². The van der Waals surface area contributed by atoms with Crippen LogP contribution >= 0.6 is 57.9 Å². The maximum absolute atomic E-state index is 10.7. The third-order valence-electron chi connectivity index (χ3n) is 3.74. The lowest BCUT2D eigenvalue weighted by molar-refractivity contribution is -0.0933. The molecule has 4 atom stereocenters. The third kappa shape index (κ3) is 7.40. The van der Waals surface area contributed by atoms with E-state index in [-0.39, 0.29) is 21.6 Å². The van der Waals surface area contributed by atoms with Gasteiger partial charge in [-0.25, -0.2) is 0 Å². The number of rotatable bonds is 11. The first-order chi connectivity index (χ1) is 14.2. The molecule has 1 aromatic carbocycles. The fourth-order valence-corrected chi connectivity index (χ4v) is 4.46. The van der Waals surface area contributed by atoms with E-state index >= 15 is 0 Å². The fraction of sp³-hybridized carbons (Fsp3) is 0.412. The van der Waals surface area contributed by atoms with Gasteiger partial charge in [0.15, 0.2) is 5.01 Å². The number of nitrogens with zero attached hydrogens (tertiary/aromatic N) is 2. The van der Waals surface area contributed by atoms with Gasteiger partial charge in [0.05, 0.1) is 33.5 Å². The van der Waals surface area contributed by atoms with Crippen molar-refractivity contribution in [3.05, 3.63) is 43.9 Å². The summed E-state index contributed by atoms with van der Waals surface area (Å²) in [6.07, 6.45) is -1.42. The summed E-state index contributed by atoms with van der Waals surface area (Å²) >= 11 is 20.5. The van der Waals surface area contributed by atoms with Gasteiger partial charge in [-0.1, -0.05) is 57.9 Å². The molecule has 0 aliphatic carbocycles. The Balaban J connectivity index is 2.12. The molecule has 30 heavy (non-hydrogen) atoms. The lowest BCUT2D eigenvalue weighted by Gasteiger charge is -2.28. The van der Waals surface area contributed by atoms with Crippen LogP contribution in [-0.2, 0) is 4.74 Å². The molecule has 0 fully saturated rings. The Kier molecular flexibility index (Phi) is 10.4. The number of halogens is 3. The largest absolute Gasteiger partial charge is 0.395 e. The van der Waals surface area contributed by atoms with Crippen LogP contribution in [0.5, 0.6) is 0 Å². The molecule has 1 heterocycles. The van der Waals surface area contributed by atoms with Gasteiger partial charge in [-0.2, -0.15) is 0 Å². The number of thioether (sulfide) groups is 1. The smallest absolute Gasteiger partial charge is 0.164 e. The summed E-state index contributed by atoms with van der Waals surface area (Å²) in [7, 11) is 0. The Bertz CT molecular complexity index is 819. The van der Waals surface area contributed by atoms with Gasteiger partial charge in [0, 0.05) is 17.6 Å². The predicted molar refractivity (Wildman–Crippen MR) is 121 cm³/mol. The minimum atomic E-state index is -1.06. The number of hydrogen-bond acceptors (Lipinski definition) is 10. The van der Waals surface area contributed by atoms with Gasteiger partial charge >= 0.3 is 0 Å². The van der Waals surface area contributed by atoms with Crippen molar-refractivity contribution in [3.63, 3.8) is 0 Å². The average Bonchev–Trinajstić information content (AvgIpc) is 3.23. The molecule has 0 saturated heterocycles. The SMILES string of the molecule is CC(O)C(CO)OC(Sc1cc(Cl)c(Cl)c(Cl)c1)[C@@H](O)CN/C=C(\N)c1nncs1. The molecule has 0 saturated carbocycles. The van der Waals surface area contributed by atoms with Gasteiger partial charge < -0.3 is 31.1 Å². The molecule has 0 bridgehead atoms. The van der Waals surface area contributed by atoms with Crippen molar-refractivity contribution >= 4 is 63.6 Å². The van der Waals surface area contributed by atoms with Crippen LogP contribution in [0.2, 0.25) is 15.1 Å². The number of nitrogens with one attached hydrogen (secondary N) is 1. The van der Waals surface area contributed by atoms with Crippen molar-refractivity contribution < 1.29 is 20.1 Å². The molecule has 1 aromatic heterocycles. The normalized spacial score (nSPS) is 16.2. The van der Waals surface area contributed by atoms with E-state index in [0.717, 1.165) is 11.8 Å². The van der Waals surface area contributed by atoms with Crippen molar-refractivity contribution in [2.24, 2.45) is 5.73 Å². The fourth-order valence-electron chi connectivity index (χ4n) is 2.16. The molecule has 2 aromatic rings. The number of nitrogens with two attached hydrogens (primary N) is 1. The molecule has 8 nitrogen and oxygen atoms in total. The maximum atomic E-state index is 10.7. The van der Waals surface area contributed by atoms with Gasteiger partial charge in [0.25, 0.3) is 0 Å². The van der Waals surface area contributed by atoms with Crippen LogP contribution in [0, 0.1) is 0 Å². The Morgan fingerprint density at radius 3 is 2.53 bits per heavy atom. The number of aliphatic hydroxyl groups excluding tert-OH is 3. The van der Waals surface area contributed by atoms with Gasteiger partial charge in [0.2, 0.25) is 0 Å². The number of hydrogen-bond donors (Lipinski definition) is 5. The molecule has 0 radical (unpaired) electrons. The van der Waals surface area contributed by atoms with Gasteiger partial charge in [0.1, 0.15) is 23.2 Å². The van der Waals surface area contributed by atoms with Crippen molar-refractivity contribution in [1.82, 2.24) is 15.5 Å². The van der Waals surface area contributed by atoms with E-state index in [9.17, 15) is 15.3 Å². The summed E-state index contributed by atoms with van der Waals surface area (Å²) in [6.45, 7) is 1.11. The quantitative estimate of drug-likeness (QED) is 0.174. The summed E-state index contributed by atoms with van der Waals surface area (Å²) in [5.41, 5.74) is 6.93. The highest BCUT2D eigenvalue weighted by molar-refractivity contribution is 7.99. The lowest BCUT2D eigenvalue weighted by atomic mass is 10.2. The van der Waals surface area contributed by atoms with E-state index in [2.05, 4.69) is 15.5 Å². The van der Waals surface area contributed by atoms with Gasteiger partial charge in [-0.15, -0.1) is 10.2 Å². The van der Waals surface area contributed by atoms with Crippen LogP contribution in [-0.4, -0.2) is 62.4 Å². The molecule has 0 amide bonds. The molecule has 0 aliphatic rings. The van der Waals surface area contributed by atoms with Crippen molar-refractivity contribution in [1.29, 1.82) is 0 Å². The van der Waals surface area contributed by atoms with Crippen LogP contribution in [0.15, 0.2) is 28.7 Å². The second-order valence-electron chi connectivity index (χ2n) is 6.10. The maximum Gasteiger partial charge on any atom is 0.164 e. The van der Waals surface area contributed by atoms with E-state index in [4.69, 9.17) is 45.3 Å². The molecule has 0 spiro atoms. The number of benzene rings is 1. The first-order valence-electron chi connectivity index (χ1n) is 8.62. The van der Waals surface area contributed by atoms with Crippen molar-refractivity contribution in [3.8, 4) is 0 Å². The van der Waals surface area contributed by atoms with Crippen LogP contribution in [0.3, 0.4) is 0 Å². The average molecular weight is 516 g/mol. The molecular weight excluding hydrogens is 495 g/mol. The summed E-state index contributed by atoms with van der Waals surface area (Å²) in [4.78, 5) is 0.588. The monoisotopic (exact) mass is 514 g/mol. The Morgan fingerprint density at radius 2 is 2.00 bits per heavy atom. The second-order valence-corrected chi connectivity index (χ2v) is 9.30. The van der Waals surface area contributed by atoms with E-state index in [0.29, 0.717) is 15.6 Å². The lowest BCUT2D eigenvalue weighted by Crippen LogP contribution is -2.41. The molecule has 6 N–H and O–H groups in total. The molecular formula is C17H21Cl3N4O4S2. The van der Waals surface area contributed by atoms with Crippen LogP contribution < -0.4 is 11.1 Å². The van der Waals surface area contributed by atoms with Crippen molar-refractivity contribution in [2.45, 2.75) is 35.6 Å². The zero-order valence-electron chi connectivity index (χ0n) is 15.7. The minimum Gasteiger partial charge on any atom is -0.395 e. The number of ether oxygens (including phenoxy) is 1. The molecule has 2 rings (SSSR count). The summed E-state index contributed by atoms with van der Waals surface area (Å²) in [5, 5.41) is 41.7. The Morgan fingerprint density at radius 1 is 1.33 bits per heavy atom. The molecule has 166 valence electrons. The zero-order chi connectivity index (χ0) is 22.3. The Hall–Kier alpha value is -0.820. The minimum absolute atomic E-state index is 0.0597. The third-order valence-corrected chi connectivity index (χ3v) is 6.84. The van der Waals surface area contributed by atoms with E-state index in [1.807, 2.05) is 0 Å². The van der Waals surface area contributed by atoms with E-state index < -0.39 is 30.4 Å². The van der Waals surface area contributed by atoms with Crippen molar-refractivity contribution in [2.75, 3.05) is 13.2 Å².